The summed E-state index contributed by atoms with van der Waals surface area (Å²) in [6, 6.07) is 0. The zero-order valence-electron chi connectivity index (χ0n) is 6.32. The van der Waals surface area contributed by atoms with E-state index < -0.39 is 0 Å². The van der Waals surface area contributed by atoms with E-state index in [4.69, 9.17) is 5.84 Å². The Morgan fingerprint density at radius 2 is 2.36 bits per heavy atom. The quantitative estimate of drug-likeness (QED) is 0.481. The summed E-state index contributed by atoms with van der Waals surface area (Å²) in [7, 11) is 0. The molecule has 0 aliphatic carbocycles. The van der Waals surface area contributed by atoms with Crippen LogP contribution in [0.2, 0.25) is 0 Å². The van der Waals surface area contributed by atoms with Crippen LogP contribution in [0.4, 0.5) is 0 Å². The molecule has 11 heavy (non-hydrogen) atoms. The highest BCUT2D eigenvalue weighted by molar-refractivity contribution is 5.68. The van der Waals surface area contributed by atoms with Crippen molar-refractivity contribution in [3.8, 4) is 0 Å². The van der Waals surface area contributed by atoms with Crippen LogP contribution in [-0.4, -0.2) is 21.2 Å². The molecule has 0 atom stereocenters. The molecule has 0 aromatic carbocycles. The first kappa shape index (κ1) is 7.71. The fourth-order valence-corrected chi connectivity index (χ4v) is 0.812. The van der Waals surface area contributed by atoms with Gasteiger partial charge in [-0.2, -0.15) is 0 Å². The molecule has 0 saturated carbocycles. The molecule has 1 rings (SSSR count). The molecule has 0 spiro atoms. The van der Waals surface area contributed by atoms with Crippen LogP contribution in [0, 0.1) is 0 Å². The maximum atomic E-state index is 10.2. The van der Waals surface area contributed by atoms with Crippen molar-refractivity contribution in [2.75, 3.05) is 5.84 Å². The first-order valence-electron chi connectivity index (χ1n) is 3.44. The Bertz CT molecular complexity index is 255. The molecule has 0 radical (unpaired) electrons. The Morgan fingerprint density at radius 1 is 1.64 bits per heavy atom. The standard InChI is InChI=1S/C6H10N4O/c1-2-3-5-8-9-6(4-11)10(5)7/h4H,2-3,7H2,1H3. The fraction of sp³-hybridized carbons (Fsp3) is 0.500. The molecule has 0 unspecified atom stereocenters. The van der Waals surface area contributed by atoms with Crippen molar-refractivity contribution in [2.24, 2.45) is 0 Å². The smallest absolute Gasteiger partial charge is 0.215 e. The molecular weight excluding hydrogens is 144 g/mol. The third kappa shape index (κ3) is 1.36. The number of rotatable bonds is 3. The summed E-state index contributed by atoms with van der Waals surface area (Å²) in [6.07, 6.45) is 2.28. The van der Waals surface area contributed by atoms with Crippen molar-refractivity contribution in [1.82, 2.24) is 14.9 Å². The summed E-state index contributed by atoms with van der Waals surface area (Å²) < 4.78 is 1.22. The van der Waals surface area contributed by atoms with Crippen LogP contribution in [0.15, 0.2) is 0 Å². The second-order valence-corrected chi connectivity index (χ2v) is 2.21. The molecular formula is C6H10N4O. The van der Waals surface area contributed by atoms with E-state index >= 15 is 0 Å². The SMILES string of the molecule is CCCc1nnc(C=O)n1N. The molecule has 2 N–H and O–H groups in total. The molecule has 0 amide bonds. The van der Waals surface area contributed by atoms with Crippen LogP contribution in [0.5, 0.6) is 0 Å². The molecule has 0 saturated heterocycles. The Hall–Kier alpha value is -1.39. The molecule has 1 aromatic rings. The molecule has 0 bridgehead atoms. The van der Waals surface area contributed by atoms with Gasteiger partial charge in [-0.05, 0) is 6.42 Å². The third-order valence-corrected chi connectivity index (χ3v) is 1.37. The Labute approximate surface area is 64.2 Å². The van der Waals surface area contributed by atoms with Gasteiger partial charge in [0, 0.05) is 6.42 Å². The van der Waals surface area contributed by atoms with E-state index in [-0.39, 0.29) is 5.82 Å². The van der Waals surface area contributed by atoms with Crippen molar-refractivity contribution in [2.45, 2.75) is 19.8 Å². The van der Waals surface area contributed by atoms with Crippen LogP contribution < -0.4 is 5.84 Å². The van der Waals surface area contributed by atoms with Gasteiger partial charge in [-0.15, -0.1) is 10.2 Å². The van der Waals surface area contributed by atoms with Gasteiger partial charge in [-0.25, -0.2) is 4.68 Å². The van der Waals surface area contributed by atoms with Crippen molar-refractivity contribution in [1.29, 1.82) is 0 Å². The lowest BCUT2D eigenvalue weighted by Crippen LogP contribution is -2.15. The maximum Gasteiger partial charge on any atom is 0.215 e. The number of hydrogen-bond acceptors (Lipinski definition) is 4. The number of aldehydes is 1. The van der Waals surface area contributed by atoms with Crippen LogP contribution >= 0.6 is 0 Å². The number of aryl methyl sites for hydroxylation is 1. The van der Waals surface area contributed by atoms with E-state index in [9.17, 15) is 4.79 Å². The summed E-state index contributed by atoms with van der Waals surface area (Å²) >= 11 is 0. The molecule has 1 aromatic heterocycles. The van der Waals surface area contributed by atoms with Crippen LogP contribution in [-0.2, 0) is 6.42 Å². The second-order valence-electron chi connectivity index (χ2n) is 2.21. The second kappa shape index (κ2) is 3.14. The molecule has 5 nitrogen and oxygen atoms in total. The van der Waals surface area contributed by atoms with Crippen molar-refractivity contribution < 1.29 is 4.79 Å². The lowest BCUT2D eigenvalue weighted by atomic mass is 10.3. The van der Waals surface area contributed by atoms with Crippen LogP contribution in [0.3, 0.4) is 0 Å². The highest BCUT2D eigenvalue weighted by Gasteiger charge is 2.05. The topological polar surface area (TPSA) is 73.8 Å². The Morgan fingerprint density at radius 3 is 2.82 bits per heavy atom. The van der Waals surface area contributed by atoms with Gasteiger partial charge in [0.2, 0.25) is 5.82 Å². The van der Waals surface area contributed by atoms with Gasteiger partial charge in [0.1, 0.15) is 0 Å². The normalized spacial score (nSPS) is 9.91. The molecule has 1 heterocycles. The minimum atomic E-state index is 0.174. The van der Waals surface area contributed by atoms with Gasteiger partial charge in [0.15, 0.2) is 12.1 Å². The summed E-state index contributed by atoms with van der Waals surface area (Å²) in [4.78, 5) is 10.2. The van der Waals surface area contributed by atoms with E-state index in [1.165, 1.54) is 4.68 Å². The van der Waals surface area contributed by atoms with Gasteiger partial charge in [-0.3, -0.25) is 4.79 Å². The van der Waals surface area contributed by atoms with E-state index in [0.29, 0.717) is 12.1 Å². The first-order chi connectivity index (χ1) is 5.29. The Kier molecular flexibility index (Phi) is 2.20. The van der Waals surface area contributed by atoms with E-state index in [0.717, 1.165) is 12.8 Å². The highest BCUT2D eigenvalue weighted by Crippen LogP contribution is 1.97. The van der Waals surface area contributed by atoms with Gasteiger partial charge in [0.05, 0.1) is 0 Å². The molecule has 0 fully saturated rings. The summed E-state index contributed by atoms with van der Waals surface area (Å²) in [5, 5.41) is 7.31. The number of hydrogen-bond donors (Lipinski definition) is 1. The lowest BCUT2D eigenvalue weighted by molar-refractivity contribution is 0.111. The number of aromatic nitrogens is 3. The summed E-state index contributed by atoms with van der Waals surface area (Å²) in [5.74, 6) is 6.28. The molecule has 0 aliphatic heterocycles. The number of nitrogen functional groups attached to an aromatic ring is 1. The van der Waals surface area contributed by atoms with Crippen molar-refractivity contribution >= 4 is 6.29 Å². The van der Waals surface area contributed by atoms with Gasteiger partial charge in [-0.1, -0.05) is 6.92 Å². The monoisotopic (exact) mass is 154 g/mol. The number of carbonyl (C=O) groups excluding carboxylic acids is 1. The number of carbonyl (C=O) groups is 1. The lowest BCUT2D eigenvalue weighted by Gasteiger charge is -1.96. The average molecular weight is 154 g/mol. The zero-order chi connectivity index (χ0) is 8.27. The van der Waals surface area contributed by atoms with Gasteiger partial charge < -0.3 is 5.84 Å². The van der Waals surface area contributed by atoms with E-state index in [1.54, 1.807) is 0 Å². The minimum absolute atomic E-state index is 0.174. The predicted molar refractivity (Wildman–Crippen MR) is 39.6 cm³/mol. The maximum absolute atomic E-state index is 10.2. The molecule has 60 valence electrons. The van der Waals surface area contributed by atoms with Gasteiger partial charge >= 0.3 is 0 Å². The van der Waals surface area contributed by atoms with Crippen LogP contribution in [0.1, 0.15) is 29.8 Å². The largest absolute Gasteiger partial charge is 0.336 e. The molecule has 0 aliphatic rings. The van der Waals surface area contributed by atoms with Crippen molar-refractivity contribution in [3.63, 3.8) is 0 Å². The third-order valence-electron chi connectivity index (χ3n) is 1.37. The van der Waals surface area contributed by atoms with E-state index in [2.05, 4.69) is 10.2 Å². The average Bonchev–Trinajstić information content (AvgIpc) is 2.34. The predicted octanol–water partition coefficient (Wildman–Crippen LogP) is -0.243. The number of nitrogens with zero attached hydrogens (tertiary/aromatic N) is 3. The van der Waals surface area contributed by atoms with Gasteiger partial charge in [0.25, 0.3) is 0 Å². The van der Waals surface area contributed by atoms with Crippen molar-refractivity contribution in [3.05, 3.63) is 11.6 Å². The minimum Gasteiger partial charge on any atom is -0.336 e. The Balaban J connectivity index is 2.90. The molecule has 5 heteroatoms. The summed E-state index contributed by atoms with van der Waals surface area (Å²) in [5.41, 5.74) is 0. The van der Waals surface area contributed by atoms with E-state index in [1.807, 2.05) is 6.92 Å². The first-order valence-corrected chi connectivity index (χ1v) is 3.44. The van der Waals surface area contributed by atoms with Crippen LogP contribution in [0.25, 0.3) is 0 Å². The number of nitrogens with two attached hydrogens (primary N) is 1. The summed E-state index contributed by atoms with van der Waals surface area (Å²) in [6.45, 7) is 2.01. The fourth-order valence-electron chi connectivity index (χ4n) is 0.812. The highest BCUT2D eigenvalue weighted by atomic mass is 16.1. The zero-order valence-corrected chi connectivity index (χ0v) is 6.32.